The molecule has 1 aromatic rings. The van der Waals surface area contributed by atoms with E-state index < -0.39 is 0 Å². The van der Waals surface area contributed by atoms with Gasteiger partial charge in [0, 0.05) is 0 Å². The molecule has 0 atom stereocenters. The SMILES string of the molecule is CCCCCCC(=C/c1ccccc1)/C=C(\C)CO. The number of hydrogen-bond acceptors (Lipinski definition) is 1. The quantitative estimate of drug-likeness (QED) is 0.515. The molecule has 0 radical (unpaired) electrons. The Labute approximate surface area is 117 Å². The van der Waals surface area contributed by atoms with E-state index in [1.165, 1.54) is 36.8 Å². The van der Waals surface area contributed by atoms with Crippen LogP contribution in [0.3, 0.4) is 0 Å². The van der Waals surface area contributed by atoms with Crippen LogP contribution in [0.4, 0.5) is 0 Å². The minimum absolute atomic E-state index is 0.140. The molecule has 0 aliphatic rings. The van der Waals surface area contributed by atoms with Crippen LogP contribution in [0.25, 0.3) is 6.08 Å². The van der Waals surface area contributed by atoms with Crippen molar-refractivity contribution in [3.8, 4) is 0 Å². The van der Waals surface area contributed by atoms with Gasteiger partial charge in [-0.15, -0.1) is 0 Å². The first-order valence-electron chi connectivity index (χ1n) is 7.30. The molecule has 0 aliphatic heterocycles. The lowest BCUT2D eigenvalue weighted by Crippen LogP contribution is -1.88. The van der Waals surface area contributed by atoms with Crippen LogP contribution in [0, 0.1) is 0 Å². The van der Waals surface area contributed by atoms with Gasteiger partial charge in [-0.25, -0.2) is 0 Å². The smallest absolute Gasteiger partial charge is 0.0642 e. The summed E-state index contributed by atoms with van der Waals surface area (Å²) in [5, 5.41) is 9.16. The Balaban J connectivity index is 2.72. The van der Waals surface area contributed by atoms with Crippen LogP contribution in [0.5, 0.6) is 0 Å². The van der Waals surface area contributed by atoms with Gasteiger partial charge in [0.05, 0.1) is 6.61 Å². The van der Waals surface area contributed by atoms with Crippen LogP contribution in [-0.2, 0) is 0 Å². The number of hydrogen-bond donors (Lipinski definition) is 1. The lowest BCUT2D eigenvalue weighted by molar-refractivity contribution is 0.331. The fourth-order valence-electron chi connectivity index (χ4n) is 2.07. The molecule has 0 heterocycles. The van der Waals surface area contributed by atoms with E-state index in [1.807, 2.05) is 13.0 Å². The highest BCUT2D eigenvalue weighted by molar-refractivity contribution is 5.56. The molecular formula is C18H26O. The summed E-state index contributed by atoms with van der Waals surface area (Å²) in [6.45, 7) is 4.35. The maximum Gasteiger partial charge on any atom is 0.0642 e. The van der Waals surface area contributed by atoms with E-state index >= 15 is 0 Å². The first-order valence-corrected chi connectivity index (χ1v) is 7.30. The molecule has 1 heteroatoms. The van der Waals surface area contributed by atoms with E-state index in [4.69, 9.17) is 5.11 Å². The second-order valence-electron chi connectivity index (χ2n) is 5.09. The van der Waals surface area contributed by atoms with Gasteiger partial charge in [0.1, 0.15) is 0 Å². The number of aliphatic hydroxyl groups is 1. The molecule has 0 fully saturated rings. The second kappa shape index (κ2) is 9.57. The Morgan fingerprint density at radius 3 is 2.47 bits per heavy atom. The average Bonchev–Trinajstić information content (AvgIpc) is 2.44. The van der Waals surface area contributed by atoms with Crippen molar-refractivity contribution in [2.75, 3.05) is 6.61 Å². The molecule has 0 bridgehead atoms. The number of rotatable bonds is 8. The molecule has 0 saturated carbocycles. The first-order chi connectivity index (χ1) is 9.26. The Hall–Kier alpha value is -1.34. The third-order valence-corrected chi connectivity index (χ3v) is 3.15. The van der Waals surface area contributed by atoms with Gasteiger partial charge in [-0.2, -0.15) is 0 Å². The zero-order chi connectivity index (χ0) is 13.9. The highest BCUT2D eigenvalue weighted by Gasteiger charge is 1.97. The van der Waals surface area contributed by atoms with Gasteiger partial charge in [0.2, 0.25) is 0 Å². The molecule has 1 nitrogen and oxygen atoms in total. The zero-order valence-corrected chi connectivity index (χ0v) is 12.2. The van der Waals surface area contributed by atoms with Crippen molar-refractivity contribution in [1.82, 2.24) is 0 Å². The van der Waals surface area contributed by atoms with Gasteiger partial charge in [-0.1, -0.05) is 68.7 Å². The summed E-state index contributed by atoms with van der Waals surface area (Å²) < 4.78 is 0. The summed E-state index contributed by atoms with van der Waals surface area (Å²) in [5.41, 5.74) is 3.57. The molecular weight excluding hydrogens is 232 g/mol. The van der Waals surface area contributed by atoms with E-state index in [1.54, 1.807) is 0 Å². The van der Waals surface area contributed by atoms with Gasteiger partial charge < -0.3 is 5.11 Å². The molecule has 19 heavy (non-hydrogen) atoms. The fraction of sp³-hybridized carbons (Fsp3) is 0.444. The monoisotopic (exact) mass is 258 g/mol. The molecule has 0 aromatic heterocycles. The molecule has 0 unspecified atom stereocenters. The number of aliphatic hydroxyl groups excluding tert-OH is 1. The van der Waals surface area contributed by atoms with E-state index in [0.717, 1.165) is 12.0 Å². The molecule has 104 valence electrons. The minimum Gasteiger partial charge on any atom is -0.392 e. The lowest BCUT2D eigenvalue weighted by atomic mass is 10.0. The van der Waals surface area contributed by atoms with Crippen molar-refractivity contribution in [2.45, 2.75) is 46.0 Å². The lowest BCUT2D eigenvalue weighted by Gasteiger charge is -2.05. The second-order valence-corrected chi connectivity index (χ2v) is 5.09. The van der Waals surface area contributed by atoms with Crippen molar-refractivity contribution in [3.05, 3.63) is 53.1 Å². The molecule has 1 N–H and O–H groups in total. The number of allylic oxidation sites excluding steroid dienone is 2. The summed E-state index contributed by atoms with van der Waals surface area (Å²) in [5.74, 6) is 0. The average molecular weight is 258 g/mol. The van der Waals surface area contributed by atoms with Crippen molar-refractivity contribution < 1.29 is 5.11 Å². The van der Waals surface area contributed by atoms with Gasteiger partial charge in [0.15, 0.2) is 0 Å². The molecule has 0 aliphatic carbocycles. The van der Waals surface area contributed by atoms with Crippen LogP contribution in [0.15, 0.2) is 47.6 Å². The molecule has 0 spiro atoms. The fourth-order valence-corrected chi connectivity index (χ4v) is 2.07. The standard InChI is InChI=1S/C18H26O/c1-3-4-5-7-12-18(13-16(2)15-19)14-17-10-8-6-9-11-17/h6,8-11,13-14,19H,3-5,7,12,15H2,1-2H3/b16-13+,18-14-. The summed E-state index contributed by atoms with van der Waals surface area (Å²) in [6.07, 6.45) is 10.5. The molecule has 0 amide bonds. The summed E-state index contributed by atoms with van der Waals surface area (Å²) in [4.78, 5) is 0. The highest BCUT2D eigenvalue weighted by Crippen LogP contribution is 2.17. The van der Waals surface area contributed by atoms with Gasteiger partial charge in [-0.05, 0) is 36.5 Å². The normalized spacial score (nSPS) is 12.8. The topological polar surface area (TPSA) is 20.2 Å². The molecule has 1 rings (SSSR count). The van der Waals surface area contributed by atoms with Crippen LogP contribution >= 0.6 is 0 Å². The van der Waals surface area contributed by atoms with Crippen LogP contribution in [0.2, 0.25) is 0 Å². The summed E-state index contributed by atoms with van der Waals surface area (Å²) >= 11 is 0. The van der Waals surface area contributed by atoms with Crippen molar-refractivity contribution in [1.29, 1.82) is 0 Å². The Kier molecular flexibility index (Phi) is 7.92. The first kappa shape index (κ1) is 15.7. The van der Waals surface area contributed by atoms with E-state index in [-0.39, 0.29) is 6.61 Å². The molecule has 0 saturated heterocycles. The summed E-state index contributed by atoms with van der Waals surface area (Å²) in [7, 11) is 0. The highest BCUT2D eigenvalue weighted by atomic mass is 16.3. The van der Waals surface area contributed by atoms with Gasteiger partial charge >= 0.3 is 0 Å². The van der Waals surface area contributed by atoms with Crippen molar-refractivity contribution >= 4 is 6.08 Å². The summed E-state index contributed by atoms with van der Waals surface area (Å²) in [6, 6.07) is 10.4. The molecule has 1 aromatic carbocycles. The third kappa shape index (κ3) is 6.97. The maximum atomic E-state index is 9.16. The van der Waals surface area contributed by atoms with Crippen LogP contribution in [0.1, 0.15) is 51.5 Å². The van der Waals surface area contributed by atoms with Crippen molar-refractivity contribution in [3.63, 3.8) is 0 Å². The van der Waals surface area contributed by atoms with Gasteiger partial charge in [-0.3, -0.25) is 0 Å². The Morgan fingerprint density at radius 2 is 1.84 bits per heavy atom. The minimum atomic E-state index is 0.140. The Morgan fingerprint density at radius 1 is 1.11 bits per heavy atom. The largest absolute Gasteiger partial charge is 0.392 e. The number of unbranched alkanes of at least 4 members (excludes halogenated alkanes) is 3. The van der Waals surface area contributed by atoms with Crippen LogP contribution in [-0.4, -0.2) is 11.7 Å². The van der Waals surface area contributed by atoms with Crippen LogP contribution < -0.4 is 0 Å². The zero-order valence-electron chi connectivity index (χ0n) is 12.2. The van der Waals surface area contributed by atoms with Crippen molar-refractivity contribution in [2.24, 2.45) is 0 Å². The maximum absolute atomic E-state index is 9.16. The predicted octanol–water partition coefficient (Wildman–Crippen LogP) is 4.98. The van der Waals surface area contributed by atoms with E-state index in [9.17, 15) is 0 Å². The van der Waals surface area contributed by atoms with E-state index in [0.29, 0.717) is 0 Å². The predicted molar refractivity (Wildman–Crippen MR) is 84.0 cm³/mol. The third-order valence-electron chi connectivity index (χ3n) is 3.15. The number of benzene rings is 1. The van der Waals surface area contributed by atoms with Gasteiger partial charge in [0.25, 0.3) is 0 Å². The van der Waals surface area contributed by atoms with E-state index in [2.05, 4.69) is 43.3 Å². The Bertz CT molecular complexity index is 401.